The Morgan fingerprint density at radius 2 is 1.48 bits per heavy atom. The highest BCUT2D eigenvalue weighted by molar-refractivity contribution is 5.95. The quantitative estimate of drug-likeness (QED) is 0.595. The summed E-state index contributed by atoms with van der Waals surface area (Å²) < 4.78 is 0. The molecule has 0 unspecified atom stereocenters. The summed E-state index contributed by atoms with van der Waals surface area (Å²) in [6.45, 7) is 0. The van der Waals surface area contributed by atoms with Crippen LogP contribution in [0.5, 0.6) is 0 Å². The second-order valence-electron chi connectivity index (χ2n) is 4.46. The summed E-state index contributed by atoms with van der Waals surface area (Å²) in [5.74, 6) is 0.0763. The van der Waals surface area contributed by atoms with E-state index in [-0.39, 0.29) is 12.0 Å². The van der Waals surface area contributed by atoms with Gasteiger partial charge in [0.15, 0.2) is 5.96 Å². The number of rotatable bonds is 3. The summed E-state index contributed by atoms with van der Waals surface area (Å²) >= 11 is 0. The summed E-state index contributed by atoms with van der Waals surface area (Å²) in [6, 6.07) is 18.8. The number of hydrogen-bond acceptors (Lipinski definition) is 2. The smallest absolute Gasteiger partial charge is 0.322 e. The van der Waals surface area contributed by atoms with Gasteiger partial charge < -0.3 is 11.1 Å². The summed E-state index contributed by atoms with van der Waals surface area (Å²) in [6.07, 6.45) is 0. The van der Waals surface area contributed by atoms with E-state index in [2.05, 4.69) is 15.6 Å². The van der Waals surface area contributed by atoms with Crippen LogP contribution in [0.2, 0.25) is 0 Å². The maximum atomic E-state index is 12.0. The minimum absolute atomic E-state index is 0.0763. The van der Waals surface area contributed by atoms with E-state index in [1.54, 1.807) is 0 Å². The van der Waals surface area contributed by atoms with Crippen molar-refractivity contribution >= 4 is 12.0 Å². The van der Waals surface area contributed by atoms with Crippen LogP contribution in [0.3, 0.4) is 0 Å². The standard InChI is InChI=1S/C16H18N4O/c1-18-15(17)20-16(21)19-14(12-8-4-2-5-9-12)13-10-6-3-7-11-13/h2-11,14H,1H3,(H4,17,18,19,20,21). The number of carbonyl (C=O) groups excluding carboxylic acids is 1. The normalized spacial score (nSPS) is 11.2. The molecule has 0 atom stereocenters. The molecule has 0 heterocycles. The minimum atomic E-state index is -0.393. The molecule has 0 saturated carbocycles. The fourth-order valence-corrected chi connectivity index (χ4v) is 1.99. The van der Waals surface area contributed by atoms with Crippen molar-refractivity contribution in [3.63, 3.8) is 0 Å². The highest BCUT2D eigenvalue weighted by Gasteiger charge is 2.16. The molecule has 5 heteroatoms. The van der Waals surface area contributed by atoms with Gasteiger partial charge in [0.05, 0.1) is 6.04 Å². The lowest BCUT2D eigenvalue weighted by Crippen LogP contribution is -2.44. The zero-order valence-corrected chi connectivity index (χ0v) is 11.8. The van der Waals surface area contributed by atoms with E-state index in [9.17, 15) is 4.79 Å². The Balaban J connectivity index is 2.23. The highest BCUT2D eigenvalue weighted by Crippen LogP contribution is 2.21. The number of carbonyl (C=O) groups is 1. The Kier molecular flexibility index (Phi) is 4.93. The second-order valence-corrected chi connectivity index (χ2v) is 4.46. The van der Waals surface area contributed by atoms with Crippen LogP contribution >= 0.6 is 0 Å². The van der Waals surface area contributed by atoms with Crippen molar-refractivity contribution in [3.05, 3.63) is 71.8 Å². The van der Waals surface area contributed by atoms with E-state index >= 15 is 0 Å². The van der Waals surface area contributed by atoms with Gasteiger partial charge in [-0.05, 0) is 11.1 Å². The molecule has 4 N–H and O–H groups in total. The third-order valence-electron chi connectivity index (χ3n) is 3.02. The van der Waals surface area contributed by atoms with Crippen LogP contribution in [0.25, 0.3) is 0 Å². The molecule has 21 heavy (non-hydrogen) atoms. The van der Waals surface area contributed by atoms with Crippen molar-refractivity contribution in [1.82, 2.24) is 10.6 Å². The molecular formula is C16H18N4O. The average Bonchev–Trinajstić information content (AvgIpc) is 2.54. The summed E-state index contributed by atoms with van der Waals surface area (Å²) in [5, 5.41) is 5.38. The first-order chi connectivity index (χ1) is 10.2. The number of aliphatic imine (C=N–C) groups is 1. The number of benzene rings is 2. The molecule has 0 spiro atoms. The largest absolute Gasteiger partial charge is 0.370 e. The Morgan fingerprint density at radius 3 is 1.90 bits per heavy atom. The Labute approximate surface area is 123 Å². The molecule has 108 valence electrons. The molecule has 0 saturated heterocycles. The molecule has 2 aromatic carbocycles. The molecule has 2 rings (SSSR count). The van der Waals surface area contributed by atoms with Gasteiger partial charge >= 0.3 is 6.03 Å². The van der Waals surface area contributed by atoms with Gasteiger partial charge in [-0.3, -0.25) is 10.3 Å². The maximum Gasteiger partial charge on any atom is 0.322 e. The van der Waals surface area contributed by atoms with Crippen LogP contribution in [0, 0.1) is 0 Å². The topological polar surface area (TPSA) is 79.5 Å². The number of hydrogen-bond donors (Lipinski definition) is 3. The van der Waals surface area contributed by atoms with E-state index in [0.717, 1.165) is 11.1 Å². The van der Waals surface area contributed by atoms with Crippen molar-refractivity contribution in [2.24, 2.45) is 10.7 Å². The number of nitrogens with two attached hydrogens (primary N) is 1. The number of guanidine groups is 1. The third-order valence-corrected chi connectivity index (χ3v) is 3.02. The molecule has 0 aliphatic carbocycles. The first-order valence-electron chi connectivity index (χ1n) is 6.60. The third kappa shape index (κ3) is 4.07. The molecule has 0 aliphatic heterocycles. The number of nitrogens with one attached hydrogen (secondary N) is 2. The lowest BCUT2D eigenvalue weighted by Gasteiger charge is -2.20. The Morgan fingerprint density at radius 1 is 1.00 bits per heavy atom. The molecular weight excluding hydrogens is 264 g/mol. The van der Waals surface area contributed by atoms with Crippen molar-refractivity contribution in [3.8, 4) is 0 Å². The monoisotopic (exact) mass is 282 g/mol. The predicted molar refractivity (Wildman–Crippen MR) is 83.9 cm³/mol. The van der Waals surface area contributed by atoms with Crippen LogP contribution in [-0.4, -0.2) is 19.0 Å². The molecule has 0 bridgehead atoms. The lowest BCUT2D eigenvalue weighted by molar-refractivity contribution is 0.243. The molecule has 0 radical (unpaired) electrons. The van der Waals surface area contributed by atoms with E-state index in [4.69, 9.17) is 5.73 Å². The molecule has 2 aromatic rings. The Bertz CT molecular complexity index is 571. The first kappa shape index (κ1) is 14.6. The van der Waals surface area contributed by atoms with Gasteiger partial charge in [-0.25, -0.2) is 4.79 Å². The zero-order chi connectivity index (χ0) is 15.1. The molecule has 0 aromatic heterocycles. The fourth-order valence-electron chi connectivity index (χ4n) is 1.99. The van der Waals surface area contributed by atoms with Crippen molar-refractivity contribution in [1.29, 1.82) is 0 Å². The molecule has 5 nitrogen and oxygen atoms in total. The van der Waals surface area contributed by atoms with Gasteiger partial charge in [0.2, 0.25) is 0 Å². The van der Waals surface area contributed by atoms with Gasteiger partial charge in [0.25, 0.3) is 0 Å². The van der Waals surface area contributed by atoms with E-state index in [0.29, 0.717) is 0 Å². The predicted octanol–water partition coefficient (Wildman–Crippen LogP) is 2.02. The highest BCUT2D eigenvalue weighted by atomic mass is 16.2. The number of urea groups is 1. The molecule has 0 aliphatic rings. The minimum Gasteiger partial charge on any atom is -0.370 e. The van der Waals surface area contributed by atoms with Gasteiger partial charge in [0.1, 0.15) is 0 Å². The average molecular weight is 282 g/mol. The first-order valence-corrected chi connectivity index (χ1v) is 6.60. The van der Waals surface area contributed by atoms with Gasteiger partial charge in [0, 0.05) is 7.05 Å². The zero-order valence-electron chi connectivity index (χ0n) is 11.8. The number of nitrogens with zero attached hydrogens (tertiary/aromatic N) is 1. The van der Waals surface area contributed by atoms with E-state index < -0.39 is 6.03 Å². The van der Waals surface area contributed by atoms with Crippen LogP contribution in [0.4, 0.5) is 4.79 Å². The number of amides is 2. The van der Waals surface area contributed by atoms with E-state index in [1.807, 2.05) is 60.7 Å². The van der Waals surface area contributed by atoms with Crippen molar-refractivity contribution in [2.45, 2.75) is 6.04 Å². The Hall–Kier alpha value is -2.82. The summed E-state index contributed by atoms with van der Waals surface area (Å²) in [5.41, 5.74) is 7.49. The lowest BCUT2D eigenvalue weighted by atomic mass is 9.99. The fraction of sp³-hybridized carbons (Fsp3) is 0.125. The molecule has 2 amide bonds. The van der Waals surface area contributed by atoms with Crippen molar-refractivity contribution < 1.29 is 4.79 Å². The SMILES string of the molecule is CN=C(N)NC(=O)NC(c1ccccc1)c1ccccc1. The molecule has 0 fully saturated rings. The van der Waals surface area contributed by atoms with Gasteiger partial charge in [-0.15, -0.1) is 0 Å². The van der Waals surface area contributed by atoms with Crippen LogP contribution < -0.4 is 16.4 Å². The van der Waals surface area contributed by atoms with Gasteiger partial charge in [-0.2, -0.15) is 0 Å². The van der Waals surface area contributed by atoms with Gasteiger partial charge in [-0.1, -0.05) is 60.7 Å². The maximum absolute atomic E-state index is 12.0. The van der Waals surface area contributed by atoms with E-state index in [1.165, 1.54) is 7.05 Å². The van der Waals surface area contributed by atoms with Crippen LogP contribution in [0.15, 0.2) is 65.7 Å². The van der Waals surface area contributed by atoms with Crippen molar-refractivity contribution in [2.75, 3.05) is 7.05 Å². The van der Waals surface area contributed by atoms with Crippen LogP contribution in [-0.2, 0) is 0 Å². The second kappa shape index (κ2) is 7.09. The van der Waals surface area contributed by atoms with Crippen LogP contribution in [0.1, 0.15) is 17.2 Å². The summed E-state index contributed by atoms with van der Waals surface area (Å²) in [7, 11) is 1.52. The summed E-state index contributed by atoms with van der Waals surface area (Å²) in [4.78, 5) is 15.7.